The Morgan fingerprint density at radius 3 is 3.00 bits per heavy atom. The van der Waals surface area contributed by atoms with E-state index in [1.807, 2.05) is 11.6 Å². The lowest BCUT2D eigenvalue weighted by Gasteiger charge is -2.29. The Kier molecular flexibility index (Phi) is 5.21. The van der Waals surface area contributed by atoms with E-state index in [1.165, 1.54) is 0 Å². The Hall–Kier alpha value is -0.620. The number of rotatable bonds is 5. The molecule has 0 radical (unpaired) electrons. The van der Waals surface area contributed by atoms with E-state index in [9.17, 15) is 0 Å². The molecule has 0 spiro atoms. The third-order valence-corrected chi connectivity index (χ3v) is 4.34. The second-order valence-corrected chi connectivity index (χ2v) is 5.49. The van der Waals surface area contributed by atoms with E-state index >= 15 is 0 Å². The number of hydrazine groups is 1. The van der Waals surface area contributed by atoms with Crippen LogP contribution in [0.1, 0.15) is 31.2 Å². The van der Waals surface area contributed by atoms with E-state index in [0.29, 0.717) is 5.92 Å². The van der Waals surface area contributed by atoms with Gasteiger partial charge in [0.2, 0.25) is 0 Å². The summed E-state index contributed by atoms with van der Waals surface area (Å²) in [4.78, 5) is 0. The monoisotopic (exact) mass is 286 g/mol. The van der Waals surface area contributed by atoms with Gasteiger partial charge in [0.1, 0.15) is 0 Å². The van der Waals surface area contributed by atoms with Gasteiger partial charge in [-0.2, -0.15) is 5.10 Å². The first kappa shape index (κ1) is 14.8. The van der Waals surface area contributed by atoms with Crippen LogP contribution in [0.2, 0.25) is 5.02 Å². The summed E-state index contributed by atoms with van der Waals surface area (Å²) in [5, 5.41) is 5.21. The molecule has 5 nitrogen and oxygen atoms in total. The van der Waals surface area contributed by atoms with Gasteiger partial charge >= 0.3 is 0 Å². The van der Waals surface area contributed by atoms with Crippen molar-refractivity contribution in [2.24, 2.45) is 11.8 Å². The minimum Gasteiger partial charge on any atom is -0.381 e. The largest absolute Gasteiger partial charge is 0.381 e. The Morgan fingerprint density at radius 2 is 2.42 bits per heavy atom. The molecule has 0 amide bonds. The van der Waals surface area contributed by atoms with Crippen LogP contribution < -0.4 is 11.3 Å². The zero-order valence-electron chi connectivity index (χ0n) is 11.7. The molecule has 1 aromatic rings. The lowest BCUT2D eigenvalue weighted by molar-refractivity contribution is 0.0390. The second kappa shape index (κ2) is 6.70. The number of nitrogens with zero attached hydrogens (tertiary/aromatic N) is 2. The summed E-state index contributed by atoms with van der Waals surface area (Å²) in [6.07, 6.45) is 3.03. The van der Waals surface area contributed by atoms with Gasteiger partial charge < -0.3 is 4.74 Å². The van der Waals surface area contributed by atoms with Crippen molar-refractivity contribution in [1.82, 2.24) is 15.2 Å². The molecule has 1 aliphatic heterocycles. The van der Waals surface area contributed by atoms with Crippen molar-refractivity contribution in [3.8, 4) is 0 Å². The van der Waals surface area contributed by atoms with Gasteiger partial charge in [-0.1, -0.05) is 11.6 Å². The highest BCUT2D eigenvalue weighted by molar-refractivity contribution is 6.31. The van der Waals surface area contributed by atoms with Gasteiger partial charge in [0.05, 0.1) is 23.0 Å². The first-order valence-electron chi connectivity index (χ1n) is 6.93. The number of ether oxygens (including phenoxy) is 1. The highest BCUT2D eigenvalue weighted by Crippen LogP contribution is 2.25. The standard InChI is InChI=1S/C13H23ClN4O/c1-3-18-12(13(14)9(2)17-18)7-11(16-15)10-5-4-6-19-8-10/h10-11,16H,3-8,15H2,1-2H3. The highest BCUT2D eigenvalue weighted by atomic mass is 35.5. The fraction of sp³-hybridized carbons (Fsp3) is 0.769. The van der Waals surface area contributed by atoms with Crippen molar-refractivity contribution in [2.75, 3.05) is 13.2 Å². The maximum atomic E-state index is 6.35. The first-order valence-corrected chi connectivity index (χ1v) is 7.30. The summed E-state index contributed by atoms with van der Waals surface area (Å²) in [5.41, 5.74) is 4.88. The van der Waals surface area contributed by atoms with Crippen molar-refractivity contribution in [1.29, 1.82) is 0 Å². The van der Waals surface area contributed by atoms with E-state index in [2.05, 4.69) is 17.4 Å². The minimum absolute atomic E-state index is 0.180. The fourth-order valence-corrected chi connectivity index (χ4v) is 2.93. The summed E-state index contributed by atoms with van der Waals surface area (Å²) >= 11 is 6.35. The quantitative estimate of drug-likeness (QED) is 0.638. The highest BCUT2D eigenvalue weighted by Gasteiger charge is 2.26. The third-order valence-electron chi connectivity index (χ3n) is 3.84. The second-order valence-electron chi connectivity index (χ2n) is 5.12. The molecule has 1 aliphatic rings. The van der Waals surface area contributed by atoms with Crippen LogP contribution in [0.3, 0.4) is 0 Å². The zero-order chi connectivity index (χ0) is 13.8. The average Bonchev–Trinajstić information content (AvgIpc) is 2.72. The molecule has 108 valence electrons. The molecule has 6 heteroatoms. The predicted molar refractivity (Wildman–Crippen MR) is 76.0 cm³/mol. The van der Waals surface area contributed by atoms with Gasteiger partial charge in [-0.05, 0) is 32.6 Å². The molecule has 0 saturated carbocycles. The van der Waals surface area contributed by atoms with E-state index < -0.39 is 0 Å². The van der Waals surface area contributed by atoms with Crippen molar-refractivity contribution in [2.45, 2.75) is 45.7 Å². The van der Waals surface area contributed by atoms with Crippen LogP contribution in [0, 0.1) is 12.8 Å². The number of hydrogen-bond acceptors (Lipinski definition) is 4. The van der Waals surface area contributed by atoms with Crippen LogP contribution in [0.15, 0.2) is 0 Å². The average molecular weight is 287 g/mol. The van der Waals surface area contributed by atoms with E-state index in [-0.39, 0.29) is 6.04 Å². The Balaban J connectivity index is 2.13. The Morgan fingerprint density at radius 1 is 1.63 bits per heavy atom. The van der Waals surface area contributed by atoms with Gasteiger partial charge in [0.25, 0.3) is 0 Å². The fourth-order valence-electron chi connectivity index (χ4n) is 2.72. The van der Waals surface area contributed by atoms with Gasteiger partial charge in [-0.25, -0.2) is 0 Å². The van der Waals surface area contributed by atoms with E-state index in [0.717, 1.165) is 55.4 Å². The van der Waals surface area contributed by atoms with Crippen LogP contribution in [-0.4, -0.2) is 29.0 Å². The normalized spacial score (nSPS) is 21.6. The molecule has 2 unspecified atom stereocenters. The molecule has 2 heterocycles. The smallest absolute Gasteiger partial charge is 0.0847 e. The maximum Gasteiger partial charge on any atom is 0.0847 e. The number of nitrogens with one attached hydrogen (secondary N) is 1. The molecule has 1 aromatic heterocycles. The van der Waals surface area contributed by atoms with Crippen molar-refractivity contribution < 1.29 is 4.74 Å². The number of halogens is 1. The number of hydrogen-bond donors (Lipinski definition) is 2. The summed E-state index contributed by atoms with van der Waals surface area (Å²) < 4.78 is 7.51. The van der Waals surface area contributed by atoms with Gasteiger partial charge in [0, 0.05) is 25.6 Å². The van der Waals surface area contributed by atoms with Crippen LogP contribution in [-0.2, 0) is 17.7 Å². The first-order chi connectivity index (χ1) is 9.17. The molecule has 2 atom stereocenters. The SMILES string of the molecule is CCn1nc(C)c(Cl)c1CC(NN)C1CCCOC1. The topological polar surface area (TPSA) is 65.1 Å². The predicted octanol–water partition coefficient (Wildman–Crippen LogP) is 1.67. The zero-order valence-corrected chi connectivity index (χ0v) is 12.4. The molecular weight excluding hydrogens is 264 g/mol. The molecule has 1 fully saturated rings. The van der Waals surface area contributed by atoms with Crippen LogP contribution in [0.4, 0.5) is 0 Å². The lowest BCUT2D eigenvalue weighted by atomic mass is 9.91. The number of aryl methyl sites for hydroxylation is 2. The molecule has 3 N–H and O–H groups in total. The molecule has 19 heavy (non-hydrogen) atoms. The van der Waals surface area contributed by atoms with Crippen molar-refractivity contribution in [3.63, 3.8) is 0 Å². The van der Waals surface area contributed by atoms with E-state index in [4.69, 9.17) is 22.2 Å². The summed E-state index contributed by atoms with van der Waals surface area (Å²) in [7, 11) is 0. The van der Waals surface area contributed by atoms with E-state index in [1.54, 1.807) is 0 Å². The molecule has 0 aliphatic carbocycles. The molecular formula is C13H23ClN4O. The molecule has 1 saturated heterocycles. The molecule has 0 aromatic carbocycles. The summed E-state index contributed by atoms with van der Waals surface area (Å²) in [5.74, 6) is 6.16. The minimum atomic E-state index is 0.180. The number of nitrogens with two attached hydrogens (primary N) is 1. The van der Waals surface area contributed by atoms with Crippen molar-refractivity contribution in [3.05, 3.63) is 16.4 Å². The summed E-state index contributed by atoms with van der Waals surface area (Å²) in [6, 6.07) is 0.180. The summed E-state index contributed by atoms with van der Waals surface area (Å²) in [6.45, 7) is 6.46. The van der Waals surface area contributed by atoms with Crippen LogP contribution in [0.5, 0.6) is 0 Å². The Bertz CT molecular complexity index is 415. The Labute approximate surface area is 119 Å². The van der Waals surface area contributed by atoms with Gasteiger partial charge in [-0.15, -0.1) is 0 Å². The van der Waals surface area contributed by atoms with Crippen LogP contribution >= 0.6 is 11.6 Å². The molecule has 0 bridgehead atoms. The van der Waals surface area contributed by atoms with Gasteiger partial charge in [0.15, 0.2) is 0 Å². The number of aromatic nitrogens is 2. The molecule has 2 rings (SSSR count). The lowest BCUT2D eigenvalue weighted by Crippen LogP contribution is -2.45. The third kappa shape index (κ3) is 3.28. The van der Waals surface area contributed by atoms with Crippen molar-refractivity contribution >= 4 is 11.6 Å². The van der Waals surface area contributed by atoms with Crippen LogP contribution in [0.25, 0.3) is 0 Å². The maximum absolute atomic E-state index is 6.35. The van der Waals surface area contributed by atoms with Gasteiger partial charge in [-0.3, -0.25) is 16.0 Å².